The summed E-state index contributed by atoms with van der Waals surface area (Å²) in [4.78, 5) is 26.6. The van der Waals surface area contributed by atoms with Gasteiger partial charge in [-0.15, -0.1) is 11.3 Å². The van der Waals surface area contributed by atoms with E-state index in [9.17, 15) is 9.59 Å². The third-order valence-electron chi connectivity index (χ3n) is 4.62. The lowest BCUT2D eigenvalue weighted by Gasteiger charge is -2.13. The van der Waals surface area contributed by atoms with Crippen LogP contribution >= 0.6 is 11.3 Å². The minimum Gasteiger partial charge on any atom is -0.452 e. The standard InChI is InChI=1S/C22H25N3O3S/c1-15-5-6-16(2)25(15)21-19(11-12-29-21)22(27)28-14-20(26)23-13-17-7-9-18(10-8-17)24(3)4/h5-12H,13-14H2,1-4H3,(H,23,26). The first-order valence-electron chi connectivity index (χ1n) is 9.29. The molecular weight excluding hydrogens is 386 g/mol. The van der Waals surface area contributed by atoms with Gasteiger partial charge in [0.05, 0.1) is 5.56 Å². The number of carbonyl (C=O) groups is 2. The molecule has 0 atom stereocenters. The van der Waals surface area contributed by atoms with Crippen LogP contribution in [0.4, 0.5) is 5.69 Å². The molecule has 3 aromatic rings. The Balaban J connectivity index is 1.55. The molecule has 0 unspecified atom stereocenters. The summed E-state index contributed by atoms with van der Waals surface area (Å²) < 4.78 is 7.25. The fraction of sp³-hybridized carbons (Fsp3) is 0.273. The summed E-state index contributed by atoms with van der Waals surface area (Å²) in [6, 6.07) is 13.6. The van der Waals surface area contributed by atoms with Gasteiger partial charge in [-0.25, -0.2) is 4.79 Å². The predicted octanol–water partition coefficient (Wildman–Crippen LogP) is 3.69. The number of thiophene rings is 1. The maximum absolute atomic E-state index is 12.5. The molecular formula is C22H25N3O3S. The fourth-order valence-electron chi connectivity index (χ4n) is 2.99. The van der Waals surface area contributed by atoms with E-state index in [0.717, 1.165) is 27.6 Å². The van der Waals surface area contributed by atoms with E-state index >= 15 is 0 Å². The highest BCUT2D eigenvalue weighted by Crippen LogP contribution is 2.26. The van der Waals surface area contributed by atoms with Crippen molar-refractivity contribution in [1.82, 2.24) is 9.88 Å². The molecule has 0 spiro atoms. The summed E-state index contributed by atoms with van der Waals surface area (Å²) in [6.07, 6.45) is 0. The molecule has 29 heavy (non-hydrogen) atoms. The van der Waals surface area contributed by atoms with E-state index < -0.39 is 5.97 Å². The number of rotatable bonds is 7. The molecule has 1 amide bonds. The second kappa shape index (κ2) is 8.96. The zero-order chi connectivity index (χ0) is 21.0. The van der Waals surface area contributed by atoms with Crippen LogP contribution in [0.5, 0.6) is 0 Å². The van der Waals surface area contributed by atoms with Crippen molar-refractivity contribution >= 4 is 28.9 Å². The molecule has 0 fully saturated rings. The molecule has 0 saturated carbocycles. The third-order valence-corrected chi connectivity index (χ3v) is 5.51. The molecule has 1 aromatic carbocycles. The normalized spacial score (nSPS) is 10.6. The Bertz CT molecular complexity index is 983. The first-order chi connectivity index (χ1) is 13.9. The molecule has 3 rings (SSSR count). The predicted molar refractivity (Wildman–Crippen MR) is 116 cm³/mol. The van der Waals surface area contributed by atoms with Crippen LogP contribution in [0, 0.1) is 13.8 Å². The van der Waals surface area contributed by atoms with E-state index in [1.807, 2.05) is 79.2 Å². The largest absolute Gasteiger partial charge is 0.452 e. The van der Waals surface area contributed by atoms with Crippen LogP contribution in [0.15, 0.2) is 47.8 Å². The maximum atomic E-state index is 12.5. The van der Waals surface area contributed by atoms with Crippen molar-refractivity contribution in [2.24, 2.45) is 0 Å². The molecule has 152 valence electrons. The fourth-order valence-corrected chi connectivity index (χ4v) is 4.00. The highest BCUT2D eigenvalue weighted by Gasteiger charge is 2.19. The smallest absolute Gasteiger partial charge is 0.341 e. The molecule has 2 aromatic heterocycles. The molecule has 0 aliphatic heterocycles. The van der Waals surface area contributed by atoms with Crippen LogP contribution in [0.25, 0.3) is 5.00 Å². The lowest BCUT2D eigenvalue weighted by atomic mass is 10.2. The van der Waals surface area contributed by atoms with Gasteiger partial charge in [0.2, 0.25) is 0 Å². The van der Waals surface area contributed by atoms with Gasteiger partial charge in [-0.05, 0) is 55.1 Å². The quantitative estimate of drug-likeness (QED) is 0.602. The number of esters is 1. The first-order valence-corrected chi connectivity index (χ1v) is 10.2. The number of carbonyl (C=O) groups excluding carboxylic acids is 2. The van der Waals surface area contributed by atoms with E-state index in [0.29, 0.717) is 12.1 Å². The number of hydrogen-bond donors (Lipinski definition) is 1. The first kappa shape index (κ1) is 20.7. The molecule has 0 bridgehead atoms. The molecule has 0 radical (unpaired) electrons. The number of ether oxygens (including phenoxy) is 1. The Morgan fingerprint density at radius 3 is 2.31 bits per heavy atom. The van der Waals surface area contributed by atoms with Crippen molar-refractivity contribution in [2.45, 2.75) is 20.4 Å². The topological polar surface area (TPSA) is 63.6 Å². The van der Waals surface area contributed by atoms with Gasteiger partial charge < -0.3 is 19.5 Å². The van der Waals surface area contributed by atoms with Crippen LogP contribution in [0.1, 0.15) is 27.3 Å². The van der Waals surface area contributed by atoms with Gasteiger partial charge in [0.25, 0.3) is 5.91 Å². The van der Waals surface area contributed by atoms with Gasteiger partial charge in [-0.2, -0.15) is 0 Å². The SMILES string of the molecule is Cc1ccc(C)n1-c1sccc1C(=O)OCC(=O)NCc1ccc(N(C)C)cc1. The molecule has 0 saturated heterocycles. The molecule has 6 nitrogen and oxygen atoms in total. The Labute approximate surface area is 174 Å². The van der Waals surface area contributed by atoms with E-state index in [1.54, 1.807) is 6.07 Å². The van der Waals surface area contributed by atoms with Crippen molar-refractivity contribution < 1.29 is 14.3 Å². The number of aryl methyl sites for hydroxylation is 2. The van der Waals surface area contributed by atoms with Gasteiger partial charge in [-0.3, -0.25) is 4.79 Å². The van der Waals surface area contributed by atoms with Gasteiger partial charge in [0, 0.05) is 37.7 Å². The van der Waals surface area contributed by atoms with Gasteiger partial charge in [0.1, 0.15) is 5.00 Å². The monoisotopic (exact) mass is 411 g/mol. The van der Waals surface area contributed by atoms with E-state index in [4.69, 9.17) is 4.74 Å². The third kappa shape index (κ3) is 4.86. The number of amides is 1. The van der Waals surface area contributed by atoms with E-state index in [-0.39, 0.29) is 12.5 Å². The van der Waals surface area contributed by atoms with Gasteiger partial charge in [-0.1, -0.05) is 12.1 Å². The Morgan fingerprint density at radius 1 is 1.03 bits per heavy atom. The Morgan fingerprint density at radius 2 is 1.69 bits per heavy atom. The number of nitrogens with zero attached hydrogens (tertiary/aromatic N) is 2. The zero-order valence-electron chi connectivity index (χ0n) is 17.1. The van der Waals surface area contributed by atoms with Crippen LogP contribution in [0.3, 0.4) is 0 Å². The zero-order valence-corrected chi connectivity index (χ0v) is 17.9. The van der Waals surface area contributed by atoms with E-state index in [1.165, 1.54) is 11.3 Å². The van der Waals surface area contributed by atoms with Gasteiger partial charge in [0.15, 0.2) is 6.61 Å². The average molecular weight is 412 g/mol. The summed E-state index contributed by atoms with van der Waals surface area (Å²) in [5.41, 5.74) is 4.61. The minimum absolute atomic E-state index is 0.312. The number of anilines is 1. The van der Waals surface area contributed by atoms with Crippen LogP contribution < -0.4 is 10.2 Å². The second-order valence-corrected chi connectivity index (χ2v) is 7.90. The summed E-state index contributed by atoms with van der Waals surface area (Å²) in [5, 5.41) is 5.43. The average Bonchev–Trinajstić information content (AvgIpc) is 3.30. The van der Waals surface area contributed by atoms with Crippen molar-refractivity contribution in [3.05, 3.63) is 70.4 Å². The molecule has 1 N–H and O–H groups in total. The van der Waals surface area contributed by atoms with E-state index in [2.05, 4.69) is 5.32 Å². The lowest BCUT2D eigenvalue weighted by molar-refractivity contribution is -0.124. The van der Waals surface area contributed by atoms with Crippen molar-refractivity contribution in [1.29, 1.82) is 0 Å². The molecule has 2 heterocycles. The highest BCUT2D eigenvalue weighted by molar-refractivity contribution is 7.13. The van der Waals surface area contributed by atoms with Gasteiger partial charge >= 0.3 is 5.97 Å². The summed E-state index contributed by atoms with van der Waals surface area (Å²) >= 11 is 1.47. The van der Waals surface area contributed by atoms with Crippen LogP contribution in [-0.2, 0) is 16.1 Å². The summed E-state index contributed by atoms with van der Waals surface area (Å²) in [7, 11) is 3.95. The highest BCUT2D eigenvalue weighted by atomic mass is 32.1. The number of hydrogen-bond acceptors (Lipinski definition) is 5. The Hall–Kier alpha value is -3.06. The summed E-state index contributed by atoms with van der Waals surface area (Å²) in [5.74, 6) is -0.834. The molecule has 7 heteroatoms. The number of aromatic nitrogens is 1. The van der Waals surface area contributed by atoms with Crippen molar-refractivity contribution in [3.63, 3.8) is 0 Å². The molecule has 0 aliphatic rings. The van der Waals surface area contributed by atoms with Crippen LogP contribution in [-0.4, -0.2) is 37.1 Å². The number of benzene rings is 1. The van der Waals surface area contributed by atoms with Crippen molar-refractivity contribution in [3.8, 4) is 5.00 Å². The molecule has 0 aliphatic carbocycles. The summed E-state index contributed by atoms with van der Waals surface area (Å²) in [6.45, 7) is 4.05. The van der Waals surface area contributed by atoms with Crippen molar-refractivity contribution in [2.75, 3.05) is 25.6 Å². The van der Waals surface area contributed by atoms with Crippen LogP contribution in [0.2, 0.25) is 0 Å². The minimum atomic E-state index is -0.501. The lowest BCUT2D eigenvalue weighted by Crippen LogP contribution is -2.28. The maximum Gasteiger partial charge on any atom is 0.341 e. The Kier molecular flexibility index (Phi) is 6.39. The number of nitrogens with one attached hydrogen (secondary N) is 1. The second-order valence-electron chi connectivity index (χ2n) is 7.00.